The number of hydrazine groups is 2. The van der Waals surface area contributed by atoms with Gasteiger partial charge >= 0.3 is 0 Å². The Bertz CT molecular complexity index is 1000. The third-order valence-corrected chi connectivity index (χ3v) is 5.86. The lowest BCUT2D eigenvalue weighted by molar-refractivity contribution is 0.246. The predicted molar refractivity (Wildman–Crippen MR) is 119 cm³/mol. The molecular weight excluding hydrogens is 380 g/mol. The maximum Gasteiger partial charge on any atom is 0.177 e. The number of aromatic nitrogens is 2. The van der Waals surface area contributed by atoms with Crippen LogP contribution in [-0.2, 0) is 5.75 Å². The number of nitrogens with zero attached hydrogens (tertiary/aromatic N) is 4. The van der Waals surface area contributed by atoms with E-state index >= 15 is 0 Å². The first-order valence-corrected chi connectivity index (χ1v) is 10.7. The number of hydrazone groups is 1. The molecular formula is C22H26N6S. The Balaban J connectivity index is 1.76. The van der Waals surface area contributed by atoms with Gasteiger partial charge in [-0.1, -0.05) is 36.4 Å². The molecule has 0 unspecified atom stereocenters. The van der Waals surface area contributed by atoms with Gasteiger partial charge in [-0.3, -0.25) is 5.01 Å². The molecule has 150 valence electrons. The highest BCUT2D eigenvalue weighted by Gasteiger charge is 2.27. The smallest absolute Gasteiger partial charge is 0.177 e. The monoisotopic (exact) mass is 406 g/mol. The Hall–Kier alpha value is -2.77. The molecule has 0 aliphatic carbocycles. The summed E-state index contributed by atoms with van der Waals surface area (Å²) < 4.78 is 2.03. The van der Waals surface area contributed by atoms with E-state index in [-0.39, 0.29) is 6.04 Å². The molecule has 0 spiro atoms. The van der Waals surface area contributed by atoms with Crippen LogP contribution in [0.4, 0.5) is 0 Å². The standard InChI is InChI=1S/C22H26N6S/c1-15(2)27-21(24-25-26-27)20-13-23-28(19-11-16(3)10-17(4)12-19)22(20)29-14-18-8-6-5-7-9-18/h5-13,15,25-26H,14H2,1-4H3. The van der Waals surface area contributed by atoms with Gasteiger partial charge in [-0.2, -0.15) is 5.10 Å². The lowest BCUT2D eigenvalue weighted by Gasteiger charge is -2.23. The topological polar surface area (TPSA) is 57.5 Å². The summed E-state index contributed by atoms with van der Waals surface area (Å²) in [6.45, 7) is 8.49. The van der Waals surface area contributed by atoms with Gasteiger partial charge in [0.1, 0.15) is 5.03 Å². The van der Waals surface area contributed by atoms with Crippen molar-refractivity contribution in [2.24, 2.45) is 5.10 Å². The summed E-state index contributed by atoms with van der Waals surface area (Å²) in [5, 5.41) is 12.3. The number of hydrogen-bond acceptors (Lipinski definition) is 6. The van der Waals surface area contributed by atoms with Crippen LogP contribution in [0.2, 0.25) is 0 Å². The number of rotatable bonds is 6. The van der Waals surface area contributed by atoms with E-state index in [9.17, 15) is 0 Å². The van der Waals surface area contributed by atoms with Crippen LogP contribution in [0.15, 0.2) is 64.9 Å². The van der Waals surface area contributed by atoms with E-state index in [1.165, 1.54) is 16.7 Å². The van der Waals surface area contributed by atoms with Gasteiger partial charge in [0.2, 0.25) is 0 Å². The normalized spacial score (nSPS) is 13.7. The first kappa shape index (κ1) is 19.5. The summed E-state index contributed by atoms with van der Waals surface area (Å²) in [4.78, 5) is 0. The molecule has 1 aliphatic heterocycles. The molecule has 1 aliphatic rings. The van der Waals surface area contributed by atoms with E-state index in [0.717, 1.165) is 27.9 Å². The second-order valence-corrected chi connectivity index (χ2v) is 8.48. The molecule has 0 bridgehead atoms. The van der Waals surface area contributed by atoms with Gasteiger partial charge in [0.15, 0.2) is 5.84 Å². The van der Waals surface area contributed by atoms with Crippen LogP contribution in [0.25, 0.3) is 5.69 Å². The van der Waals surface area contributed by atoms with E-state index in [1.807, 2.05) is 22.0 Å². The summed E-state index contributed by atoms with van der Waals surface area (Å²) in [7, 11) is 0. The first-order valence-electron chi connectivity index (χ1n) is 9.74. The molecule has 7 heteroatoms. The van der Waals surface area contributed by atoms with Crippen LogP contribution in [0, 0.1) is 13.8 Å². The zero-order valence-electron chi connectivity index (χ0n) is 17.2. The zero-order valence-corrected chi connectivity index (χ0v) is 18.0. The van der Waals surface area contributed by atoms with Gasteiger partial charge < -0.3 is 0 Å². The van der Waals surface area contributed by atoms with Crippen molar-refractivity contribution in [2.75, 3.05) is 0 Å². The second-order valence-electron chi connectivity index (χ2n) is 7.52. The summed E-state index contributed by atoms with van der Waals surface area (Å²) in [5.74, 6) is 1.71. The van der Waals surface area contributed by atoms with Gasteiger partial charge in [-0.25, -0.2) is 10.2 Å². The third-order valence-electron chi connectivity index (χ3n) is 4.71. The van der Waals surface area contributed by atoms with Crippen LogP contribution >= 0.6 is 11.8 Å². The van der Waals surface area contributed by atoms with Crippen molar-refractivity contribution in [3.8, 4) is 5.69 Å². The number of thioether (sulfide) groups is 1. The highest BCUT2D eigenvalue weighted by atomic mass is 32.2. The molecule has 0 fully saturated rings. The molecule has 3 aromatic rings. The van der Waals surface area contributed by atoms with Crippen LogP contribution < -0.4 is 11.1 Å². The maximum absolute atomic E-state index is 4.75. The molecule has 2 heterocycles. The van der Waals surface area contributed by atoms with Gasteiger partial charge in [-0.15, -0.1) is 22.4 Å². The van der Waals surface area contributed by atoms with E-state index in [4.69, 9.17) is 5.10 Å². The average molecular weight is 407 g/mol. The minimum atomic E-state index is 0.250. The van der Waals surface area contributed by atoms with Crippen molar-refractivity contribution in [3.63, 3.8) is 0 Å². The molecule has 0 saturated heterocycles. The highest BCUT2D eigenvalue weighted by molar-refractivity contribution is 7.98. The Labute approximate surface area is 175 Å². The maximum atomic E-state index is 4.75. The van der Waals surface area contributed by atoms with Crippen LogP contribution in [0.1, 0.15) is 36.1 Å². The fraction of sp³-hybridized carbons (Fsp3) is 0.273. The third kappa shape index (κ3) is 4.16. The van der Waals surface area contributed by atoms with Crippen molar-refractivity contribution in [3.05, 3.63) is 77.0 Å². The van der Waals surface area contributed by atoms with Crippen LogP contribution in [0.3, 0.4) is 0 Å². The molecule has 2 aromatic carbocycles. The Morgan fingerprint density at radius 2 is 1.76 bits per heavy atom. The lowest BCUT2D eigenvalue weighted by atomic mass is 10.1. The fourth-order valence-electron chi connectivity index (χ4n) is 3.41. The number of benzene rings is 2. The molecule has 0 amide bonds. The molecule has 1 aromatic heterocycles. The van der Waals surface area contributed by atoms with Crippen molar-refractivity contribution >= 4 is 17.6 Å². The molecule has 6 nitrogen and oxygen atoms in total. The minimum absolute atomic E-state index is 0.250. The van der Waals surface area contributed by atoms with Crippen LogP contribution in [0.5, 0.6) is 0 Å². The first-order chi connectivity index (χ1) is 14.0. The quantitative estimate of drug-likeness (QED) is 0.602. The number of aryl methyl sites for hydroxylation is 2. The van der Waals surface area contributed by atoms with Gasteiger partial charge in [-0.05, 0) is 56.5 Å². The van der Waals surface area contributed by atoms with Crippen molar-refractivity contribution in [2.45, 2.75) is 44.5 Å². The molecule has 2 N–H and O–H groups in total. The summed E-state index contributed by atoms with van der Waals surface area (Å²) in [6.07, 6.45) is 1.91. The minimum Gasteiger partial charge on any atom is -0.268 e. The molecule has 0 saturated carbocycles. The van der Waals surface area contributed by atoms with E-state index < -0.39 is 0 Å². The van der Waals surface area contributed by atoms with Gasteiger partial charge in [0.05, 0.1) is 17.4 Å². The number of hydrogen-bond donors (Lipinski definition) is 2. The molecule has 0 radical (unpaired) electrons. The van der Waals surface area contributed by atoms with Crippen molar-refractivity contribution < 1.29 is 0 Å². The van der Waals surface area contributed by atoms with E-state index in [1.54, 1.807) is 11.8 Å². The predicted octanol–water partition coefficient (Wildman–Crippen LogP) is 4.18. The Kier molecular flexibility index (Phi) is 5.60. The van der Waals surface area contributed by atoms with Gasteiger partial charge in [0, 0.05) is 11.8 Å². The highest BCUT2D eigenvalue weighted by Crippen LogP contribution is 2.31. The summed E-state index contributed by atoms with van der Waals surface area (Å²) in [5.41, 5.74) is 11.8. The van der Waals surface area contributed by atoms with E-state index in [2.05, 4.69) is 86.3 Å². The average Bonchev–Trinajstić information content (AvgIpc) is 3.33. The zero-order chi connectivity index (χ0) is 20.4. The number of nitrogens with one attached hydrogen (secondary N) is 2. The van der Waals surface area contributed by atoms with Crippen LogP contribution in [-0.4, -0.2) is 26.7 Å². The summed E-state index contributed by atoms with van der Waals surface area (Å²) >= 11 is 1.78. The second kappa shape index (κ2) is 8.31. The fourth-order valence-corrected chi connectivity index (χ4v) is 4.48. The molecule has 4 rings (SSSR count). The SMILES string of the molecule is Cc1cc(C)cc(-n2ncc(C3=NNNN3C(C)C)c2SCc2ccccc2)c1. The molecule has 29 heavy (non-hydrogen) atoms. The Morgan fingerprint density at radius 3 is 2.45 bits per heavy atom. The van der Waals surface area contributed by atoms with Gasteiger partial charge in [0.25, 0.3) is 0 Å². The largest absolute Gasteiger partial charge is 0.268 e. The summed E-state index contributed by atoms with van der Waals surface area (Å²) in [6, 6.07) is 17.3. The van der Waals surface area contributed by atoms with Crippen molar-refractivity contribution in [1.29, 1.82) is 0 Å². The Morgan fingerprint density at radius 1 is 1.03 bits per heavy atom. The molecule has 0 atom stereocenters. The lowest BCUT2D eigenvalue weighted by Crippen LogP contribution is -2.45. The van der Waals surface area contributed by atoms with Crippen molar-refractivity contribution in [1.82, 2.24) is 25.9 Å². The van der Waals surface area contributed by atoms with E-state index in [0.29, 0.717) is 0 Å². The number of amidine groups is 1.